The molecule has 0 bridgehead atoms. The summed E-state index contributed by atoms with van der Waals surface area (Å²) in [5.74, 6) is 0. The number of hydrogen-bond donors (Lipinski definition) is 2. The summed E-state index contributed by atoms with van der Waals surface area (Å²) in [6.45, 7) is 3.11. The second-order valence-electron chi connectivity index (χ2n) is 5.06. The number of likely N-dealkylation sites (N-methyl/N-ethyl adjacent to an activating group) is 1. The summed E-state index contributed by atoms with van der Waals surface area (Å²) in [5.41, 5.74) is 9.36. The van der Waals surface area contributed by atoms with E-state index in [1.165, 1.54) is 5.56 Å². The smallest absolute Gasteiger partial charge is 0.0378 e. The average Bonchev–Trinajstić information content (AvgIpc) is 2.48. The van der Waals surface area contributed by atoms with Crippen molar-refractivity contribution in [3.8, 4) is 0 Å². The van der Waals surface area contributed by atoms with Crippen molar-refractivity contribution in [2.24, 2.45) is 0 Å². The van der Waals surface area contributed by atoms with Crippen LogP contribution in [0.3, 0.4) is 0 Å². The molecule has 0 aliphatic heterocycles. The molecule has 106 valence electrons. The minimum atomic E-state index is 0.437. The predicted molar refractivity (Wildman–Crippen MR) is 84.6 cm³/mol. The SMILES string of the molecule is CCNC(CCc1ccccc1)Cc1cnccc1N. The van der Waals surface area contributed by atoms with Crippen LogP contribution in [0.25, 0.3) is 0 Å². The molecule has 0 fully saturated rings. The molecular weight excluding hydrogens is 246 g/mol. The van der Waals surface area contributed by atoms with Gasteiger partial charge in [0.05, 0.1) is 0 Å². The number of nitrogens with one attached hydrogen (secondary N) is 1. The van der Waals surface area contributed by atoms with Crippen LogP contribution in [-0.4, -0.2) is 17.6 Å². The van der Waals surface area contributed by atoms with Gasteiger partial charge >= 0.3 is 0 Å². The lowest BCUT2D eigenvalue weighted by Crippen LogP contribution is -2.31. The minimum Gasteiger partial charge on any atom is -0.398 e. The maximum atomic E-state index is 6.00. The molecule has 0 aliphatic rings. The van der Waals surface area contributed by atoms with E-state index in [0.717, 1.165) is 37.1 Å². The maximum absolute atomic E-state index is 6.00. The molecule has 1 heterocycles. The average molecular weight is 269 g/mol. The Bertz CT molecular complexity index is 511. The number of anilines is 1. The van der Waals surface area contributed by atoms with Gasteiger partial charge in [-0.25, -0.2) is 0 Å². The van der Waals surface area contributed by atoms with Gasteiger partial charge in [0.2, 0.25) is 0 Å². The molecule has 3 heteroatoms. The first kappa shape index (κ1) is 14.5. The van der Waals surface area contributed by atoms with Crippen molar-refractivity contribution in [2.45, 2.75) is 32.2 Å². The van der Waals surface area contributed by atoms with Crippen LogP contribution in [0, 0.1) is 0 Å². The van der Waals surface area contributed by atoms with Crippen LogP contribution in [0.5, 0.6) is 0 Å². The van der Waals surface area contributed by atoms with Crippen molar-refractivity contribution in [1.82, 2.24) is 10.3 Å². The Morgan fingerprint density at radius 2 is 2.00 bits per heavy atom. The van der Waals surface area contributed by atoms with Crippen molar-refractivity contribution in [3.63, 3.8) is 0 Å². The van der Waals surface area contributed by atoms with Crippen molar-refractivity contribution in [2.75, 3.05) is 12.3 Å². The summed E-state index contributed by atoms with van der Waals surface area (Å²) < 4.78 is 0. The van der Waals surface area contributed by atoms with E-state index < -0.39 is 0 Å². The van der Waals surface area contributed by atoms with E-state index in [4.69, 9.17) is 5.73 Å². The van der Waals surface area contributed by atoms with Crippen molar-refractivity contribution < 1.29 is 0 Å². The van der Waals surface area contributed by atoms with E-state index in [-0.39, 0.29) is 0 Å². The van der Waals surface area contributed by atoms with Gasteiger partial charge in [0.15, 0.2) is 0 Å². The Labute approximate surface area is 121 Å². The van der Waals surface area contributed by atoms with Crippen LogP contribution in [-0.2, 0) is 12.8 Å². The number of nitrogen functional groups attached to an aromatic ring is 1. The minimum absolute atomic E-state index is 0.437. The molecule has 2 aromatic rings. The Hall–Kier alpha value is -1.87. The van der Waals surface area contributed by atoms with Crippen LogP contribution in [0.15, 0.2) is 48.8 Å². The van der Waals surface area contributed by atoms with E-state index in [1.54, 1.807) is 6.20 Å². The summed E-state index contributed by atoms with van der Waals surface area (Å²) in [4.78, 5) is 4.17. The van der Waals surface area contributed by atoms with Gasteiger partial charge in [-0.15, -0.1) is 0 Å². The second-order valence-corrected chi connectivity index (χ2v) is 5.06. The highest BCUT2D eigenvalue weighted by atomic mass is 14.9. The second kappa shape index (κ2) is 7.65. The molecule has 3 N–H and O–H groups in total. The zero-order valence-electron chi connectivity index (χ0n) is 12.0. The Morgan fingerprint density at radius 1 is 1.20 bits per heavy atom. The van der Waals surface area contributed by atoms with E-state index in [0.29, 0.717) is 6.04 Å². The molecule has 20 heavy (non-hydrogen) atoms. The lowest BCUT2D eigenvalue weighted by molar-refractivity contribution is 0.491. The highest BCUT2D eigenvalue weighted by molar-refractivity contribution is 5.44. The van der Waals surface area contributed by atoms with Gasteiger partial charge in [0.1, 0.15) is 0 Å². The zero-order valence-corrected chi connectivity index (χ0v) is 12.0. The normalized spacial score (nSPS) is 12.2. The van der Waals surface area contributed by atoms with Gasteiger partial charge in [-0.05, 0) is 43.0 Å². The van der Waals surface area contributed by atoms with Crippen LogP contribution in [0.4, 0.5) is 5.69 Å². The van der Waals surface area contributed by atoms with E-state index in [1.807, 2.05) is 12.3 Å². The van der Waals surface area contributed by atoms with Crippen LogP contribution < -0.4 is 11.1 Å². The lowest BCUT2D eigenvalue weighted by Gasteiger charge is -2.18. The number of aryl methyl sites for hydroxylation is 1. The van der Waals surface area contributed by atoms with Gasteiger partial charge < -0.3 is 11.1 Å². The number of benzene rings is 1. The monoisotopic (exact) mass is 269 g/mol. The van der Waals surface area contributed by atoms with Crippen LogP contribution in [0.1, 0.15) is 24.5 Å². The fraction of sp³-hybridized carbons (Fsp3) is 0.353. The van der Waals surface area contributed by atoms with Gasteiger partial charge in [0, 0.05) is 24.1 Å². The van der Waals surface area contributed by atoms with Crippen LogP contribution in [0.2, 0.25) is 0 Å². The maximum Gasteiger partial charge on any atom is 0.0378 e. The predicted octanol–water partition coefficient (Wildman–Crippen LogP) is 2.82. The molecule has 0 saturated carbocycles. The third-order valence-electron chi connectivity index (χ3n) is 3.52. The molecule has 2 rings (SSSR count). The summed E-state index contributed by atoms with van der Waals surface area (Å²) in [5, 5.41) is 3.55. The topological polar surface area (TPSA) is 50.9 Å². The Morgan fingerprint density at radius 3 is 2.70 bits per heavy atom. The molecule has 0 radical (unpaired) electrons. The van der Waals surface area contributed by atoms with Crippen molar-refractivity contribution >= 4 is 5.69 Å². The third kappa shape index (κ3) is 4.35. The third-order valence-corrected chi connectivity index (χ3v) is 3.52. The molecule has 3 nitrogen and oxygen atoms in total. The summed E-state index contributed by atoms with van der Waals surface area (Å²) in [6, 6.07) is 12.9. The molecule has 1 atom stereocenters. The standard InChI is InChI=1S/C17H23N3/c1-2-20-16(9-8-14-6-4-3-5-7-14)12-15-13-19-11-10-17(15)18/h3-7,10-11,13,16,20H,2,8-9,12H2,1H3,(H2,18,19). The number of aromatic nitrogens is 1. The van der Waals surface area contributed by atoms with Crippen molar-refractivity contribution in [3.05, 3.63) is 59.9 Å². The summed E-state index contributed by atoms with van der Waals surface area (Å²) in [6.07, 6.45) is 6.73. The number of hydrogen-bond acceptors (Lipinski definition) is 3. The molecule has 1 aromatic heterocycles. The zero-order chi connectivity index (χ0) is 14.2. The number of nitrogens with two attached hydrogens (primary N) is 1. The highest BCUT2D eigenvalue weighted by Crippen LogP contribution is 2.14. The molecule has 1 unspecified atom stereocenters. The molecule has 0 aliphatic carbocycles. The van der Waals surface area contributed by atoms with E-state index >= 15 is 0 Å². The first-order valence-corrected chi connectivity index (χ1v) is 7.25. The Balaban J connectivity index is 1.95. The highest BCUT2D eigenvalue weighted by Gasteiger charge is 2.10. The summed E-state index contributed by atoms with van der Waals surface area (Å²) in [7, 11) is 0. The van der Waals surface area contributed by atoms with E-state index in [2.05, 4.69) is 47.6 Å². The number of pyridine rings is 1. The number of rotatable bonds is 7. The van der Waals surface area contributed by atoms with Crippen molar-refractivity contribution in [1.29, 1.82) is 0 Å². The molecule has 0 spiro atoms. The molecular formula is C17H23N3. The molecule has 0 amide bonds. The first-order chi connectivity index (χ1) is 9.79. The lowest BCUT2D eigenvalue weighted by atomic mass is 9.99. The van der Waals surface area contributed by atoms with Gasteiger partial charge in [0.25, 0.3) is 0 Å². The van der Waals surface area contributed by atoms with E-state index in [9.17, 15) is 0 Å². The van der Waals surface area contributed by atoms with Gasteiger partial charge in [-0.2, -0.15) is 0 Å². The molecule has 1 aromatic carbocycles. The van der Waals surface area contributed by atoms with Gasteiger partial charge in [-0.3, -0.25) is 4.98 Å². The fourth-order valence-electron chi connectivity index (χ4n) is 2.42. The fourth-order valence-corrected chi connectivity index (χ4v) is 2.42. The Kier molecular flexibility index (Phi) is 5.56. The summed E-state index contributed by atoms with van der Waals surface area (Å²) >= 11 is 0. The quantitative estimate of drug-likeness (QED) is 0.812. The molecule has 0 saturated heterocycles. The first-order valence-electron chi connectivity index (χ1n) is 7.25. The largest absolute Gasteiger partial charge is 0.398 e. The van der Waals surface area contributed by atoms with Crippen LogP contribution >= 0.6 is 0 Å². The van der Waals surface area contributed by atoms with Gasteiger partial charge in [-0.1, -0.05) is 37.3 Å². The number of nitrogens with zero attached hydrogens (tertiary/aromatic N) is 1.